The standard InChI is InChI=1S/C17H19NO3/c1-11-3-4-14(9-16(11)19)12(2)10-21-17(20)13-5-7-15(18)8-6-13/h3,5-8,14H,2,4,9-10,18H2,1H3. The minimum absolute atomic E-state index is 0.0559. The second-order valence-corrected chi connectivity index (χ2v) is 5.30. The summed E-state index contributed by atoms with van der Waals surface area (Å²) in [7, 11) is 0. The molecule has 0 saturated carbocycles. The van der Waals surface area contributed by atoms with E-state index in [0.29, 0.717) is 17.7 Å². The van der Waals surface area contributed by atoms with Gasteiger partial charge < -0.3 is 10.5 Å². The molecular formula is C17H19NO3. The quantitative estimate of drug-likeness (QED) is 0.524. The first-order valence-corrected chi connectivity index (χ1v) is 6.87. The molecule has 2 N–H and O–H groups in total. The number of hydrogen-bond acceptors (Lipinski definition) is 4. The number of esters is 1. The number of ketones is 1. The Morgan fingerprint density at radius 2 is 2.05 bits per heavy atom. The highest BCUT2D eigenvalue weighted by Gasteiger charge is 2.22. The van der Waals surface area contributed by atoms with Crippen LogP contribution in [0.5, 0.6) is 0 Å². The Kier molecular flexibility index (Phi) is 4.58. The topological polar surface area (TPSA) is 69.4 Å². The van der Waals surface area contributed by atoms with Crippen LogP contribution in [0.15, 0.2) is 48.1 Å². The molecule has 0 saturated heterocycles. The van der Waals surface area contributed by atoms with Crippen molar-refractivity contribution in [1.29, 1.82) is 0 Å². The summed E-state index contributed by atoms with van der Waals surface area (Å²) in [6, 6.07) is 6.55. The van der Waals surface area contributed by atoms with Crippen molar-refractivity contribution in [2.75, 3.05) is 12.3 Å². The maximum atomic E-state index is 11.9. The fraction of sp³-hybridized carbons (Fsp3) is 0.294. The van der Waals surface area contributed by atoms with E-state index in [9.17, 15) is 9.59 Å². The zero-order valence-electron chi connectivity index (χ0n) is 12.1. The van der Waals surface area contributed by atoms with Gasteiger partial charge in [-0.3, -0.25) is 4.79 Å². The molecule has 0 spiro atoms. The molecule has 1 aliphatic carbocycles. The maximum Gasteiger partial charge on any atom is 0.338 e. The number of carbonyl (C=O) groups is 2. The van der Waals surface area contributed by atoms with E-state index >= 15 is 0 Å². The summed E-state index contributed by atoms with van der Waals surface area (Å²) in [6.07, 6.45) is 3.14. The molecule has 1 atom stereocenters. The number of nitrogens with two attached hydrogens (primary N) is 1. The minimum atomic E-state index is -0.412. The van der Waals surface area contributed by atoms with Gasteiger partial charge in [0.25, 0.3) is 0 Å². The lowest BCUT2D eigenvalue weighted by Crippen LogP contribution is -2.19. The monoisotopic (exact) mass is 285 g/mol. The lowest BCUT2D eigenvalue weighted by molar-refractivity contribution is -0.116. The summed E-state index contributed by atoms with van der Waals surface area (Å²) < 4.78 is 5.23. The van der Waals surface area contributed by atoms with Crippen LogP contribution in [-0.4, -0.2) is 18.4 Å². The smallest absolute Gasteiger partial charge is 0.338 e. The molecule has 4 nitrogen and oxygen atoms in total. The van der Waals surface area contributed by atoms with Gasteiger partial charge in [0, 0.05) is 12.1 Å². The number of nitrogen functional groups attached to an aromatic ring is 1. The predicted molar refractivity (Wildman–Crippen MR) is 81.8 cm³/mol. The second-order valence-electron chi connectivity index (χ2n) is 5.30. The van der Waals surface area contributed by atoms with Gasteiger partial charge in [0.15, 0.2) is 5.78 Å². The molecule has 110 valence electrons. The van der Waals surface area contributed by atoms with Crippen LogP contribution in [0.3, 0.4) is 0 Å². The van der Waals surface area contributed by atoms with Gasteiger partial charge in [-0.05, 0) is 54.7 Å². The molecule has 0 radical (unpaired) electrons. The SMILES string of the molecule is C=C(COC(=O)c1ccc(N)cc1)C1CC=C(C)C(=O)C1. The van der Waals surface area contributed by atoms with Crippen LogP contribution in [-0.2, 0) is 9.53 Å². The average Bonchev–Trinajstić information content (AvgIpc) is 2.48. The number of anilines is 1. The van der Waals surface area contributed by atoms with Gasteiger partial charge in [0.05, 0.1) is 5.56 Å². The molecule has 21 heavy (non-hydrogen) atoms. The van der Waals surface area contributed by atoms with Gasteiger partial charge >= 0.3 is 5.97 Å². The Bertz CT molecular complexity index is 599. The molecule has 1 unspecified atom stereocenters. The van der Waals surface area contributed by atoms with Gasteiger partial charge in [-0.2, -0.15) is 0 Å². The van der Waals surface area contributed by atoms with Crippen LogP contribution in [0, 0.1) is 5.92 Å². The first-order valence-electron chi connectivity index (χ1n) is 6.87. The summed E-state index contributed by atoms with van der Waals surface area (Å²) in [6.45, 7) is 5.89. The summed E-state index contributed by atoms with van der Waals surface area (Å²) in [5.74, 6) is -0.220. The third kappa shape index (κ3) is 3.81. The Morgan fingerprint density at radius 3 is 2.67 bits per heavy atom. The lowest BCUT2D eigenvalue weighted by atomic mass is 9.85. The van der Waals surface area contributed by atoms with Gasteiger partial charge in [0.1, 0.15) is 6.61 Å². The van der Waals surface area contributed by atoms with E-state index in [1.54, 1.807) is 24.3 Å². The minimum Gasteiger partial charge on any atom is -0.458 e. The van der Waals surface area contributed by atoms with Crippen molar-refractivity contribution in [2.45, 2.75) is 19.8 Å². The van der Waals surface area contributed by atoms with E-state index in [-0.39, 0.29) is 18.3 Å². The Labute approximate surface area is 124 Å². The number of allylic oxidation sites excluding steroid dienone is 2. The third-order valence-electron chi connectivity index (χ3n) is 3.69. The molecule has 4 heteroatoms. The van der Waals surface area contributed by atoms with Crippen LogP contribution in [0.25, 0.3) is 0 Å². The molecule has 1 aliphatic rings. The van der Waals surface area contributed by atoms with Crippen molar-refractivity contribution in [2.24, 2.45) is 5.92 Å². The molecular weight excluding hydrogens is 266 g/mol. The van der Waals surface area contributed by atoms with E-state index in [0.717, 1.165) is 17.6 Å². The van der Waals surface area contributed by atoms with Gasteiger partial charge in [-0.25, -0.2) is 4.79 Å². The zero-order chi connectivity index (χ0) is 15.4. The zero-order valence-corrected chi connectivity index (χ0v) is 12.1. The fourth-order valence-corrected chi connectivity index (χ4v) is 2.19. The van der Waals surface area contributed by atoms with Gasteiger partial charge in [-0.1, -0.05) is 12.7 Å². The highest BCUT2D eigenvalue weighted by Crippen LogP contribution is 2.26. The summed E-state index contributed by atoms with van der Waals surface area (Å²) in [4.78, 5) is 23.5. The normalized spacial score (nSPS) is 18.0. The van der Waals surface area contributed by atoms with E-state index in [1.807, 2.05) is 13.0 Å². The molecule has 0 aliphatic heterocycles. The summed E-state index contributed by atoms with van der Waals surface area (Å²) in [5, 5.41) is 0. The van der Waals surface area contributed by atoms with Crippen molar-refractivity contribution in [3.63, 3.8) is 0 Å². The van der Waals surface area contributed by atoms with E-state index in [1.165, 1.54) is 0 Å². The van der Waals surface area contributed by atoms with Crippen molar-refractivity contribution < 1.29 is 14.3 Å². The van der Waals surface area contributed by atoms with Crippen molar-refractivity contribution >= 4 is 17.4 Å². The third-order valence-corrected chi connectivity index (χ3v) is 3.69. The van der Waals surface area contributed by atoms with Crippen molar-refractivity contribution in [3.05, 3.63) is 53.6 Å². The maximum absolute atomic E-state index is 11.9. The molecule has 0 amide bonds. The van der Waals surface area contributed by atoms with Crippen LogP contribution < -0.4 is 5.73 Å². The first kappa shape index (κ1) is 15.0. The fourth-order valence-electron chi connectivity index (χ4n) is 2.19. The number of ether oxygens (including phenoxy) is 1. The van der Waals surface area contributed by atoms with E-state index in [2.05, 4.69) is 6.58 Å². The van der Waals surface area contributed by atoms with Crippen LogP contribution >= 0.6 is 0 Å². The van der Waals surface area contributed by atoms with E-state index < -0.39 is 5.97 Å². The molecule has 1 aromatic rings. The molecule has 0 fully saturated rings. The van der Waals surface area contributed by atoms with E-state index in [4.69, 9.17) is 10.5 Å². The molecule has 1 aromatic carbocycles. The number of carbonyl (C=O) groups excluding carboxylic acids is 2. The number of benzene rings is 1. The molecule has 2 rings (SSSR count). The first-order chi connectivity index (χ1) is 9.97. The average molecular weight is 285 g/mol. The van der Waals surface area contributed by atoms with Crippen LogP contribution in [0.2, 0.25) is 0 Å². The van der Waals surface area contributed by atoms with Crippen molar-refractivity contribution in [1.82, 2.24) is 0 Å². The highest BCUT2D eigenvalue weighted by molar-refractivity contribution is 5.96. The largest absolute Gasteiger partial charge is 0.458 e. The molecule has 0 aromatic heterocycles. The molecule has 0 heterocycles. The number of rotatable bonds is 4. The lowest BCUT2D eigenvalue weighted by Gasteiger charge is -2.21. The predicted octanol–water partition coefficient (Wildman–Crippen LogP) is 2.91. The summed E-state index contributed by atoms with van der Waals surface area (Å²) in [5.41, 5.74) is 8.19. The Balaban J connectivity index is 1.88. The number of hydrogen-bond donors (Lipinski definition) is 1. The Morgan fingerprint density at radius 1 is 1.38 bits per heavy atom. The van der Waals surface area contributed by atoms with Crippen LogP contribution in [0.4, 0.5) is 5.69 Å². The van der Waals surface area contributed by atoms with Gasteiger partial charge in [-0.15, -0.1) is 0 Å². The molecule has 0 bridgehead atoms. The number of Topliss-reactive ketones (excluding diaryl/α,β-unsaturated/α-hetero) is 1. The van der Waals surface area contributed by atoms with Gasteiger partial charge in [0.2, 0.25) is 0 Å². The van der Waals surface area contributed by atoms with Crippen molar-refractivity contribution in [3.8, 4) is 0 Å². The van der Waals surface area contributed by atoms with Crippen LogP contribution in [0.1, 0.15) is 30.1 Å². The summed E-state index contributed by atoms with van der Waals surface area (Å²) >= 11 is 0. The highest BCUT2D eigenvalue weighted by atomic mass is 16.5. The Hall–Kier alpha value is -2.36. The second kappa shape index (κ2) is 6.39.